The first kappa shape index (κ1) is 23.6. The molecule has 1 aromatic rings. The van der Waals surface area contributed by atoms with Gasteiger partial charge in [-0.25, -0.2) is 17.5 Å². The average Bonchev–Trinajstić information content (AvgIpc) is 2.76. The number of ether oxygens (including phenoxy) is 1. The molecule has 0 radical (unpaired) electrons. The maximum absolute atomic E-state index is 14.7. The van der Waals surface area contributed by atoms with Crippen LogP contribution in [-0.4, -0.2) is 63.0 Å². The van der Waals surface area contributed by atoms with Crippen LogP contribution in [0.15, 0.2) is 30.3 Å². The normalized spacial score (nSPS) is 30.5. The molecule has 2 atom stereocenters. The summed E-state index contributed by atoms with van der Waals surface area (Å²) in [5.74, 6) is 0.538. The number of alkyl halides is 1. The van der Waals surface area contributed by atoms with Crippen LogP contribution in [0, 0.1) is 5.92 Å². The molecule has 0 bridgehead atoms. The summed E-state index contributed by atoms with van der Waals surface area (Å²) < 4.78 is 47.3. The molecule has 1 aliphatic heterocycles. The van der Waals surface area contributed by atoms with Crippen molar-refractivity contribution in [1.82, 2.24) is 9.62 Å². The summed E-state index contributed by atoms with van der Waals surface area (Å²) in [6.45, 7) is 1.12. The first-order valence-electron chi connectivity index (χ1n) is 11.9. The number of hydrogen-bond donors (Lipinski definition) is 1. The Kier molecular flexibility index (Phi) is 7.22. The second-order valence-electron chi connectivity index (χ2n) is 9.86. The lowest BCUT2D eigenvalue weighted by Gasteiger charge is -2.43. The lowest BCUT2D eigenvalue weighted by Crippen LogP contribution is -2.60. The van der Waals surface area contributed by atoms with Crippen molar-refractivity contribution in [2.45, 2.75) is 75.1 Å². The Bertz CT molecular complexity index is 883. The molecule has 32 heavy (non-hydrogen) atoms. The van der Waals surface area contributed by atoms with Crippen LogP contribution in [0.2, 0.25) is 0 Å². The maximum Gasteiger partial charge on any atom is 0.260 e. The Morgan fingerprint density at radius 1 is 1.16 bits per heavy atom. The molecule has 1 aromatic carbocycles. The van der Waals surface area contributed by atoms with Crippen molar-refractivity contribution in [2.24, 2.45) is 5.92 Å². The molecule has 8 heteroatoms. The molecule has 4 rings (SSSR count). The summed E-state index contributed by atoms with van der Waals surface area (Å²) in [5.41, 5.74) is -0.348. The zero-order chi connectivity index (χ0) is 22.8. The lowest BCUT2D eigenvalue weighted by molar-refractivity contribution is -0.155. The fourth-order valence-electron chi connectivity index (χ4n) is 5.31. The Morgan fingerprint density at radius 3 is 2.44 bits per heavy atom. The van der Waals surface area contributed by atoms with Crippen LogP contribution in [0.4, 0.5) is 4.39 Å². The standard InChI is InChI=1S/C24H35FN2O4S/c1-32(29,30)26-21-12-15-27(23(28)24(25)13-5-14-24)16-22(21)31-17-18-8-10-20(11-9-18)19-6-3-2-4-7-19/h2-4,6-7,18,20-22,26H,5,8-17H2,1H3/t18?,20?,21-,22+/m1/s1. The highest BCUT2D eigenvalue weighted by molar-refractivity contribution is 7.88. The third-order valence-electron chi connectivity index (χ3n) is 7.40. The molecule has 1 heterocycles. The minimum absolute atomic E-state index is 0.233. The highest BCUT2D eigenvalue weighted by atomic mass is 32.2. The van der Waals surface area contributed by atoms with Crippen LogP contribution >= 0.6 is 0 Å². The number of rotatable bonds is 7. The molecule has 0 aromatic heterocycles. The molecule has 1 amide bonds. The van der Waals surface area contributed by atoms with Crippen LogP contribution in [0.1, 0.15) is 62.8 Å². The van der Waals surface area contributed by atoms with Crippen molar-refractivity contribution in [1.29, 1.82) is 0 Å². The number of carbonyl (C=O) groups is 1. The third kappa shape index (κ3) is 5.69. The van der Waals surface area contributed by atoms with Crippen LogP contribution in [0.3, 0.4) is 0 Å². The molecule has 6 nitrogen and oxygen atoms in total. The Morgan fingerprint density at radius 2 is 1.84 bits per heavy atom. The first-order valence-corrected chi connectivity index (χ1v) is 13.7. The predicted octanol–water partition coefficient (Wildman–Crippen LogP) is 3.39. The van der Waals surface area contributed by atoms with Gasteiger partial charge in [-0.2, -0.15) is 0 Å². The van der Waals surface area contributed by atoms with E-state index in [1.54, 1.807) is 0 Å². The minimum Gasteiger partial charge on any atom is -0.374 e. The smallest absolute Gasteiger partial charge is 0.260 e. The number of nitrogens with one attached hydrogen (secondary N) is 1. The van der Waals surface area contributed by atoms with Gasteiger partial charge in [0.2, 0.25) is 10.0 Å². The van der Waals surface area contributed by atoms with E-state index in [9.17, 15) is 17.6 Å². The number of amides is 1. The van der Waals surface area contributed by atoms with Gasteiger partial charge in [0, 0.05) is 19.7 Å². The van der Waals surface area contributed by atoms with E-state index in [1.165, 1.54) is 10.5 Å². The van der Waals surface area contributed by atoms with Gasteiger partial charge in [0.15, 0.2) is 5.67 Å². The van der Waals surface area contributed by atoms with E-state index in [-0.39, 0.29) is 19.4 Å². The molecular weight excluding hydrogens is 431 g/mol. The summed E-state index contributed by atoms with van der Waals surface area (Å²) in [7, 11) is -3.40. The number of sulfonamides is 1. The van der Waals surface area contributed by atoms with Gasteiger partial charge in [0.05, 0.1) is 18.4 Å². The SMILES string of the molecule is CS(=O)(=O)N[C@@H]1CCN(C(=O)C2(F)CCC2)C[C@@H]1OCC1CCC(c2ccccc2)CC1. The van der Waals surface area contributed by atoms with Crippen molar-refractivity contribution in [2.75, 3.05) is 26.0 Å². The van der Waals surface area contributed by atoms with Crippen molar-refractivity contribution in [3.63, 3.8) is 0 Å². The molecule has 1 N–H and O–H groups in total. The van der Waals surface area contributed by atoms with Gasteiger partial charge in [-0.3, -0.25) is 4.79 Å². The highest BCUT2D eigenvalue weighted by Gasteiger charge is 2.48. The fourth-order valence-corrected chi connectivity index (χ4v) is 6.13. The quantitative estimate of drug-likeness (QED) is 0.668. The molecule has 0 unspecified atom stereocenters. The highest BCUT2D eigenvalue weighted by Crippen LogP contribution is 2.39. The van der Waals surface area contributed by atoms with Crippen molar-refractivity contribution >= 4 is 15.9 Å². The van der Waals surface area contributed by atoms with E-state index >= 15 is 0 Å². The summed E-state index contributed by atoms with van der Waals surface area (Å²) in [4.78, 5) is 14.2. The van der Waals surface area contributed by atoms with Crippen molar-refractivity contribution < 1.29 is 22.3 Å². The van der Waals surface area contributed by atoms with Crippen LogP contribution in [-0.2, 0) is 19.6 Å². The van der Waals surface area contributed by atoms with Gasteiger partial charge >= 0.3 is 0 Å². The monoisotopic (exact) mass is 466 g/mol. The Hall–Kier alpha value is -1.51. The van der Waals surface area contributed by atoms with Gasteiger partial charge < -0.3 is 9.64 Å². The van der Waals surface area contributed by atoms with E-state index in [0.29, 0.717) is 31.4 Å². The minimum atomic E-state index is -3.40. The van der Waals surface area contributed by atoms with E-state index in [2.05, 4.69) is 29.0 Å². The lowest BCUT2D eigenvalue weighted by atomic mass is 9.79. The number of carbonyl (C=O) groups excluding carboxylic acids is 1. The van der Waals surface area contributed by atoms with Gasteiger partial charge in [-0.15, -0.1) is 0 Å². The van der Waals surface area contributed by atoms with Crippen molar-refractivity contribution in [3.8, 4) is 0 Å². The summed E-state index contributed by atoms with van der Waals surface area (Å²) in [6.07, 6.45) is 6.76. The fraction of sp³-hybridized carbons (Fsp3) is 0.708. The first-order chi connectivity index (χ1) is 15.2. The number of likely N-dealkylation sites (tertiary alicyclic amines) is 1. The number of piperidine rings is 1. The predicted molar refractivity (Wildman–Crippen MR) is 122 cm³/mol. The van der Waals surface area contributed by atoms with Crippen molar-refractivity contribution in [3.05, 3.63) is 35.9 Å². The Balaban J connectivity index is 1.33. The van der Waals surface area contributed by atoms with Crippen LogP contribution in [0.25, 0.3) is 0 Å². The van der Waals surface area contributed by atoms with E-state index < -0.39 is 33.7 Å². The molecule has 3 fully saturated rings. The van der Waals surface area contributed by atoms with Gasteiger partial charge in [0.1, 0.15) is 0 Å². The summed E-state index contributed by atoms with van der Waals surface area (Å²) in [6, 6.07) is 10.2. The van der Waals surface area contributed by atoms with Crippen LogP contribution in [0.5, 0.6) is 0 Å². The summed E-state index contributed by atoms with van der Waals surface area (Å²) in [5, 5.41) is 0. The van der Waals surface area contributed by atoms with Gasteiger partial charge in [-0.1, -0.05) is 30.3 Å². The number of hydrogen-bond acceptors (Lipinski definition) is 4. The van der Waals surface area contributed by atoms with Crippen LogP contribution < -0.4 is 4.72 Å². The molecular formula is C24H35FN2O4S. The number of benzene rings is 1. The number of halogens is 1. The second-order valence-corrected chi connectivity index (χ2v) is 11.6. The maximum atomic E-state index is 14.7. The van der Waals surface area contributed by atoms with E-state index in [0.717, 1.165) is 38.4 Å². The van der Waals surface area contributed by atoms with Gasteiger partial charge in [0.25, 0.3) is 5.91 Å². The molecule has 0 spiro atoms. The second kappa shape index (κ2) is 9.77. The topological polar surface area (TPSA) is 75.7 Å². The Labute approximate surface area is 190 Å². The molecule has 2 saturated carbocycles. The zero-order valence-corrected chi connectivity index (χ0v) is 19.7. The summed E-state index contributed by atoms with van der Waals surface area (Å²) >= 11 is 0. The molecule has 3 aliphatic rings. The zero-order valence-electron chi connectivity index (χ0n) is 18.8. The van der Waals surface area contributed by atoms with E-state index in [4.69, 9.17) is 4.74 Å². The molecule has 178 valence electrons. The average molecular weight is 467 g/mol. The molecule has 2 aliphatic carbocycles. The number of nitrogens with zero attached hydrogens (tertiary/aromatic N) is 1. The molecule has 1 saturated heterocycles. The van der Waals surface area contributed by atoms with E-state index in [1.807, 2.05) is 6.07 Å². The van der Waals surface area contributed by atoms with Gasteiger partial charge in [-0.05, 0) is 68.8 Å². The largest absolute Gasteiger partial charge is 0.374 e. The third-order valence-corrected chi connectivity index (χ3v) is 8.14.